The van der Waals surface area contributed by atoms with Gasteiger partial charge in [0.15, 0.2) is 5.78 Å². The summed E-state index contributed by atoms with van der Waals surface area (Å²) in [7, 11) is 0. The summed E-state index contributed by atoms with van der Waals surface area (Å²) < 4.78 is 0. The van der Waals surface area contributed by atoms with Crippen molar-refractivity contribution >= 4 is 11.6 Å². The minimum atomic E-state index is -0.288. The largest absolute Gasteiger partial charge is 0.299 e. The van der Waals surface area contributed by atoms with Crippen molar-refractivity contribution in [2.24, 2.45) is 56.7 Å². The first-order valence-electron chi connectivity index (χ1n) is 15.1. The van der Waals surface area contributed by atoms with Crippen molar-refractivity contribution in [1.29, 1.82) is 0 Å². The smallest absolute Gasteiger partial charge is 0.187 e. The van der Waals surface area contributed by atoms with E-state index in [-0.39, 0.29) is 27.1 Å². The molecule has 4 heteroatoms. The Kier molecular flexibility index (Phi) is 5.47. The summed E-state index contributed by atoms with van der Waals surface area (Å²) in [5.74, 6) is 3.25. The standard InChI is InChI=1S/C33H48N2O2/c1-20(2)21-10-16-33(28(37)23-13-19-34-35-23)18-17-31(6)22(27(21)33)8-9-25-30(5)14-12-26(36)29(3,4)24(30)11-15-32(25,31)7/h13,19,21-22,24-25,27H,1,8-12,14-18H2,2-7H3,(H,34,35)/t21-,22+,24-,25+,27+,30-,31+,32+,33-/m0/s1. The highest BCUT2D eigenvalue weighted by Crippen LogP contribution is 2.77. The Bertz CT molecular complexity index is 1140. The number of nitrogens with one attached hydrogen (secondary N) is 1. The van der Waals surface area contributed by atoms with E-state index in [2.05, 4.69) is 58.3 Å². The first-order chi connectivity index (χ1) is 17.3. The molecule has 4 nitrogen and oxygen atoms in total. The molecule has 1 aromatic rings. The van der Waals surface area contributed by atoms with Crippen LogP contribution in [0.5, 0.6) is 0 Å². The van der Waals surface area contributed by atoms with Gasteiger partial charge < -0.3 is 0 Å². The number of Topliss-reactive ketones (excluding diaryl/α,β-unsaturated/α-hetero) is 2. The predicted octanol–water partition coefficient (Wildman–Crippen LogP) is 7.82. The molecule has 9 atom stereocenters. The van der Waals surface area contributed by atoms with Gasteiger partial charge in [-0.05, 0) is 117 Å². The third kappa shape index (κ3) is 3.05. The molecule has 0 aliphatic heterocycles. The monoisotopic (exact) mass is 504 g/mol. The van der Waals surface area contributed by atoms with Gasteiger partial charge in [0.1, 0.15) is 11.5 Å². The minimum Gasteiger partial charge on any atom is -0.299 e. The molecule has 1 heterocycles. The van der Waals surface area contributed by atoms with E-state index in [0.29, 0.717) is 46.8 Å². The summed E-state index contributed by atoms with van der Waals surface area (Å²) in [6.45, 7) is 18.9. The SMILES string of the molecule is C=C(C)[C@@H]1CC[C@]2(C(=O)c3ccn[nH]3)CC[C@]3(C)[C@H](CC[C@@H]4[C@@]5(C)CCC(=O)C(C)(C)[C@@H]5CC[C@]43C)[C@@H]12. The molecule has 202 valence electrons. The number of H-pyrrole nitrogens is 1. The zero-order valence-corrected chi connectivity index (χ0v) is 24.1. The zero-order chi connectivity index (χ0) is 26.6. The van der Waals surface area contributed by atoms with Crippen molar-refractivity contribution in [3.8, 4) is 0 Å². The molecule has 0 unspecified atom stereocenters. The van der Waals surface area contributed by atoms with E-state index in [0.717, 1.165) is 44.9 Å². The van der Waals surface area contributed by atoms with Crippen LogP contribution in [0.15, 0.2) is 24.4 Å². The van der Waals surface area contributed by atoms with Gasteiger partial charge in [-0.3, -0.25) is 14.7 Å². The molecule has 0 aromatic carbocycles. The van der Waals surface area contributed by atoms with Crippen molar-refractivity contribution in [2.75, 3.05) is 0 Å². The average molecular weight is 505 g/mol. The second-order valence-corrected chi connectivity index (χ2v) is 15.3. The Labute approximate surface area is 223 Å². The lowest BCUT2D eigenvalue weighted by molar-refractivity contribution is -0.230. The van der Waals surface area contributed by atoms with E-state index in [1.165, 1.54) is 24.8 Å². The van der Waals surface area contributed by atoms with Gasteiger partial charge in [0.25, 0.3) is 0 Å². The fourth-order valence-electron chi connectivity index (χ4n) is 12.0. The summed E-state index contributed by atoms with van der Waals surface area (Å²) in [4.78, 5) is 27.2. The maximum absolute atomic E-state index is 14.2. The van der Waals surface area contributed by atoms with Gasteiger partial charge in [-0.1, -0.05) is 46.8 Å². The number of hydrogen-bond donors (Lipinski definition) is 1. The van der Waals surface area contributed by atoms with E-state index >= 15 is 0 Å². The van der Waals surface area contributed by atoms with Crippen LogP contribution >= 0.6 is 0 Å². The van der Waals surface area contributed by atoms with Gasteiger partial charge in [0.05, 0.1) is 0 Å². The first kappa shape index (κ1) is 25.6. The van der Waals surface area contributed by atoms with Crippen LogP contribution in [0.1, 0.15) is 116 Å². The van der Waals surface area contributed by atoms with Crippen LogP contribution in [0.25, 0.3) is 0 Å². The third-order valence-corrected chi connectivity index (χ3v) is 14.0. The van der Waals surface area contributed by atoms with Crippen LogP contribution < -0.4 is 0 Å². The van der Waals surface area contributed by atoms with Crippen LogP contribution in [0, 0.1) is 56.7 Å². The van der Waals surface area contributed by atoms with Crippen LogP contribution in [-0.4, -0.2) is 21.8 Å². The molecule has 37 heavy (non-hydrogen) atoms. The average Bonchev–Trinajstić information content (AvgIpc) is 3.51. The number of ketones is 2. The van der Waals surface area contributed by atoms with Crippen molar-refractivity contribution < 1.29 is 9.59 Å². The Morgan fingerprint density at radius 2 is 1.70 bits per heavy atom. The Balaban J connectivity index is 1.42. The molecular formula is C33H48N2O2. The van der Waals surface area contributed by atoms with E-state index < -0.39 is 0 Å². The molecule has 0 bridgehead atoms. The molecule has 5 aliphatic rings. The van der Waals surface area contributed by atoms with Crippen molar-refractivity contribution in [2.45, 2.75) is 106 Å². The number of allylic oxidation sites excluding steroid dienone is 1. The zero-order valence-electron chi connectivity index (χ0n) is 24.1. The number of carbonyl (C=O) groups is 2. The summed E-state index contributed by atoms with van der Waals surface area (Å²) in [5, 5.41) is 7.16. The van der Waals surface area contributed by atoms with Crippen molar-refractivity contribution in [1.82, 2.24) is 10.2 Å². The van der Waals surface area contributed by atoms with Gasteiger partial charge in [-0.2, -0.15) is 5.10 Å². The minimum absolute atomic E-state index is 0.204. The van der Waals surface area contributed by atoms with Crippen LogP contribution in [-0.2, 0) is 4.79 Å². The Hall–Kier alpha value is -1.71. The quantitative estimate of drug-likeness (QED) is 0.337. The van der Waals surface area contributed by atoms with Gasteiger partial charge >= 0.3 is 0 Å². The van der Waals surface area contributed by atoms with E-state index in [4.69, 9.17) is 0 Å². The van der Waals surface area contributed by atoms with Crippen LogP contribution in [0.2, 0.25) is 0 Å². The second-order valence-electron chi connectivity index (χ2n) is 15.3. The molecule has 0 radical (unpaired) electrons. The van der Waals surface area contributed by atoms with Crippen LogP contribution in [0.3, 0.4) is 0 Å². The number of rotatable bonds is 3. The van der Waals surface area contributed by atoms with Gasteiger partial charge in [0, 0.05) is 23.4 Å². The summed E-state index contributed by atoms with van der Waals surface area (Å²) >= 11 is 0. The predicted molar refractivity (Wildman–Crippen MR) is 147 cm³/mol. The number of hydrogen-bond acceptors (Lipinski definition) is 3. The van der Waals surface area contributed by atoms with Gasteiger partial charge in [0.2, 0.25) is 0 Å². The molecule has 1 aromatic heterocycles. The molecule has 0 amide bonds. The Morgan fingerprint density at radius 1 is 0.946 bits per heavy atom. The maximum atomic E-state index is 14.2. The summed E-state index contributed by atoms with van der Waals surface area (Å²) in [5.41, 5.74) is 2.13. The summed E-state index contributed by atoms with van der Waals surface area (Å²) in [6, 6.07) is 1.88. The highest BCUT2D eigenvalue weighted by molar-refractivity contribution is 5.99. The fourth-order valence-corrected chi connectivity index (χ4v) is 12.0. The Morgan fingerprint density at radius 3 is 2.38 bits per heavy atom. The molecule has 0 spiro atoms. The molecule has 5 fully saturated rings. The van der Waals surface area contributed by atoms with Crippen molar-refractivity contribution in [3.63, 3.8) is 0 Å². The highest BCUT2D eigenvalue weighted by atomic mass is 16.1. The number of aromatic nitrogens is 2. The van der Waals surface area contributed by atoms with Gasteiger partial charge in [-0.25, -0.2) is 0 Å². The number of aromatic amines is 1. The number of nitrogens with zero attached hydrogens (tertiary/aromatic N) is 1. The molecule has 0 saturated heterocycles. The highest BCUT2D eigenvalue weighted by Gasteiger charge is 2.71. The second kappa shape index (κ2) is 7.92. The molecule has 6 rings (SSSR count). The van der Waals surface area contributed by atoms with E-state index in [1.54, 1.807) is 6.20 Å². The van der Waals surface area contributed by atoms with E-state index in [1.807, 2.05) is 6.07 Å². The third-order valence-electron chi connectivity index (χ3n) is 14.0. The normalized spacial score (nSPS) is 48.4. The van der Waals surface area contributed by atoms with Crippen molar-refractivity contribution in [3.05, 3.63) is 30.1 Å². The lowest BCUT2D eigenvalue weighted by Gasteiger charge is -2.72. The van der Waals surface area contributed by atoms with E-state index in [9.17, 15) is 9.59 Å². The number of carbonyl (C=O) groups excluding carboxylic acids is 2. The lowest BCUT2D eigenvalue weighted by Crippen LogP contribution is -2.66. The fraction of sp³-hybridized carbons (Fsp3) is 0.788. The lowest BCUT2D eigenvalue weighted by atomic mass is 9.32. The molecule has 1 N–H and O–H groups in total. The maximum Gasteiger partial charge on any atom is 0.187 e. The van der Waals surface area contributed by atoms with Crippen LogP contribution in [0.4, 0.5) is 0 Å². The molecule has 5 aliphatic carbocycles. The summed E-state index contributed by atoms with van der Waals surface area (Å²) in [6.07, 6.45) is 12.5. The molecular weight excluding hydrogens is 456 g/mol. The first-order valence-corrected chi connectivity index (χ1v) is 15.1. The topological polar surface area (TPSA) is 62.8 Å². The van der Waals surface area contributed by atoms with Gasteiger partial charge in [-0.15, -0.1) is 0 Å². The number of fused-ring (bicyclic) bond motifs is 7. The molecule has 5 saturated carbocycles.